The summed E-state index contributed by atoms with van der Waals surface area (Å²) in [6, 6.07) is 9.51. The van der Waals surface area contributed by atoms with Gasteiger partial charge < -0.3 is 5.32 Å². The Hall–Kier alpha value is -2.85. The van der Waals surface area contributed by atoms with Gasteiger partial charge in [-0.05, 0) is 36.4 Å². The smallest absolute Gasteiger partial charge is 0.236 e. The van der Waals surface area contributed by atoms with E-state index in [9.17, 15) is 9.18 Å². The molecular weight excluding hydrogens is 375 g/mol. The zero-order valence-corrected chi connectivity index (χ0v) is 14.8. The Kier molecular flexibility index (Phi) is 4.59. The molecule has 0 bridgehead atoms. The fourth-order valence-electron chi connectivity index (χ4n) is 2.21. The number of rotatable bonds is 5. The number of hydrogen-bond acceptors (Lipinski definition) is 7. The van der Waals surface area contributed by atoms with Crippen molar-refractivity contribution >= 4 is 39.8 Å². The Balaban J connectivity index is 1.52. The molecule has 26 heavy (non-hydrogen) atoms. The van der Waals surface area contributed by atoms with E-state index in [4.69, 9.17) is 0 Å². The van der Waals surface area contributed by atoms with Crippen LogP contribution in [0.2, 0.25) is 0 Å². The average molecular weight is 386 g/mol. The van der Waals surface area contributed by atoms with E-state index in [1.165, 1.54) is 35.2 Å². The number of carbonyl (C=O) groups is 1. The summed E-state index contributed by atoms with van der Waals surface area (Å²) in [5, 5.41) is 18.4. The lowest BCUT2D eigenvalue weighted by molar-refractivity contribution is -0.113. The molecule has 0 fully saturated rings. The van der Waals surface area contributed by atoms with Crippen molar-refractivity contribution in [3.63, 3.8) is 0 Å². The van der Waals surface area contributed by atoms with E-state index < -0.39 is 0 Å². The first-order valence-electron chi connectivity index (χ1n) is 7.49. The van der Waals surface area contributed by atoms with Gasteiger partial charge in [0.1, 0.15) is 10.8 Å². The quantitative estimate of drug-likeness (QED) is 0.531. The predicted molar refractivity (Wildman–Crippen MR) is 97.6 cm³/mol. The van der Waals surface area contributed by atoms with Gasteiger partial charge in [-0.2, -0.15) is 9.61 Å². The molecule has 7 nitrogen and oxygen atoms in total. The maximum atomic E-state index is 13.1. The molecule has 3 heterocycles. The Labute approximate surface area is 155 Å². The second-order valence-electron chi connectivity index (χ2n) is 5.15. The number of fused-ring (bicyclic) bond motifs is 1. The van der Waals surface area contributed by atoms with Gasteiger partial charge in [0.2, 0.25) is 5.91 Å². The van der Waals surface area contributed by atoms with Crippen molar-refractivity contribution in [3.8, 4) is 11.4 Å². The number of amides is 1. The van der Waals surface area contributed by atoms with Crippen LogP contribution in [0.4, 0.5) is 9.52 Å². The lowest BCUT2D eigenvalue weighted by Gasteiger charge is -2.03. The fourth-order valence-corrected chi connectivity index (χ4v) is 3.41. The van der Waals surface area contributed by atoms with Crippen molar-refractivity contribution in [1.82, 2.24) is 24.8 Å². The van der Waals surface area contributed by atoms with Gasteiger partial charge in [-0.3, -0.25) is 4.79 Å². The van der Waals surface area contributed by atoms with Crippen LogP contribution in [0, 0.1) is 5.82 Å². The summed E-state index contributed by atoms with van der Waals surface area (Å²) in [6.45, 7) is 0. The number of anilines is 1. The number of benzene rings is 1. The molecule has 0 aliphatic rings. The molecular formula is C16H11FN6OS2. The van der Waals surface area contributed by atoms with E-state index in [1.54, 1.807) is 40.4 Å². The minimum Gasteiger partial charge on any atom is -0.301 e. The van der Waals surface area contributed by atoms with Crippen LogP contribution in [-0.4, -0.2) is 36.5 Å². The molecule has 0 spiro atoms. The Morgan fingerprint density at radius 1 is 1.19 bits per heavy atom. The van der Waals surface area contributed by atoms with Crippen LogP contribution < -0.4 is 5.32 Å². The monoisotopic (exact) mass is 386 g/mol. The molecule has 0 unspecified atom stereocenters. The number of thioether (sulfide) groups is 1. The van der Waals surface area contributed by atoms with Crippen molar-refractivity contribution < 1.29 is 9.18 Å². The van der Waals surface area contributed by atoms with Gasteiger partial charge in [-0.25, -0.2) is 9.37 Å². The molecule has 0 aliphatic carbocycles. The van der Waals surface area contributed by atoms with Gasteiger partial charge in [-0.1, -0.05) is 11.8 Å². The summed E-state index contributed by atoms with van der Waals surface area (Å²) in [7, 11) is 0. The summed E-state index contributed by atoms with van der Waals surface area (Å²) in [4.78, 5) is 16.0. The van der Waals surface area contributed by atoms with Crippen LogP contribution in [0.25, 0.3) is 17.0 Å². The van der Waals surface area contributed by atoms with E-state index in [2.05, 4.69) is 25.6 Å². The lowest BCUT2D eigenvalue weighted by atomic mass is 10.2. The van der Waals surface area contributed by atoms with E-state index in [1.807, 2.05) is 0 Å². The summed E-state index contributed by atoms with van der Waals surface area (Å²) < 4.78 is 14.7. The van der Waals surface area contributed by atoms with Crippen LogP contribution in [-0.2, 0) is 4.79 Å². The second kappa shape index (κ2) is 7.18. The summed E-state index contributed by atoms with van der Waals surface area (Å²) in [5.74, 6) is 0.230. The molecule has 0 saturated heterocycles. The van der Waals surface area contributed by atoms with Crippen LogP contribution >= 0.6 is 23.1 Å². The second-order valence-corrected chi connectivity index (χ2v) is 7.04. The summed E-state index contributed by atoms with van der Waals surface area (Å²) in [6.07, 6.45) is 1.63. The first kappa shape index (κ1) is 16.6. The van der Waals surface area contributed by atoms with Crippen molar-refractivity contribution in [2.24, 2.45) is 0 Å². The Bertz CT molecular complexity index is 1050. The van der Waals surface area contributed by atoms with E-state index in [0.717, 1.165) is 0 Å². The Morgan fingerprint density at radius 2 is 2.04 bits per heavy atom. The SMILES string of the molecule is O=C(CSc1ccc2nnc(-c3ccc(F)cc3)n2n1)Nc1nccs1. The number of thiazole rings is 1. The zero-order chi connectivity index (χ0) is 17.9. The number of nitrogens with one attached hydrogen (secondary N) is 1. The predicted octanol–water partition coefficient (Wildman–Crippen LogP) is 3.12. The first-order chi connectivity index (χ1) is 12.7. The minimum absolute atomic E-state index is 0.158. The topological polar surface area (TPSA) is 85.1 Å². The third kappa shape index (κ3) is 3.55. The normalized spacial score (nSPS) is 11.0. The van der Waals surface area contributed by atoms with Crippen LogP contribution in [0.3, 0.4) is 0 Å². The molecule has 0 saturated carbocycles. The summed E-state index contributed by atoms with van der Waals surface area (Å²) in [5.41, 5.74) is 1.27. The van der Waals surface area contributed by atoms with Crippen LogP contribution in [0.15, 0.2) is 53.0 Å². The lowest BCUT2D eigenvalue weighted by Crippen LogP contribution is -2.14. The van der Waals surface area contributed by atoms with E-state index in [-0.39, 0.29) is 17.5 Å². The van der Waals surface area contributed by atoms with Gasteiger partial charge in [0.15, 0.2) is 16.6 Å². The fraction of sp³-hybridized carbons (Fsp3) is 0.0625. The minimum atomic E-state index is -0.321. The molecule has 1 aromatic carbocycles. The Morgan fingerprint density at radius 3 is 2.81 bits per heavy atom. The summed E-state index contributed by atoms with van der Waals surface area (Å²) >= 11 is 2.65. The molecule has 10 heteroatoms. The number of hydrogen-bond donors (Lipinski definition) is 1. The molecule has 0 radical (unpaired) electrons. The third-order valence-corrected chi connectivity index (χ3v) is 4.98. The van der Waals surface area contributed by atoms with Crippen molar-refractivity contribution in [3.05, 3.63) is 53.8 Å². The van der Waals surface area contributed by atoms with E-state index in [0.29, 0.717) is 27.2 Å². The maximum Gasteiger partial charge on any atom is 0.236 e. The highest BCUT2D eigenvalue weighted by Crippen LogP contribution is 2.21. The largest absolute Gasteiger partial charge is 0.301 e. The number of nitrogens with zero attached hydrogens (tertiary/aromatic N) is 5. The molecule has 130 valence electrons. The standard InChI is InChI=1S/C16H11FN6OS2/c17-11-3-1-10(2-4-11)15-21-20-12-5-6-14(22-23(12)15)26-9-13(24)19-16-18-7-8-25-16/h1-8H,9H2,(H,18,19,24). The number of aromatic nitrogens is 5. The van der Waals surface area contributed by atoms with Gasteiger partial charge >= 0.3 is 0 Å². The first-order valence-corrected chi connectivity index (χ1v) is 9.36. The molecule has 1 N–H and O–H groups in total. The van der Waals surface area contributed by atoms with Crippen LogP contribution in [0.5, 0.6) is 0 Å². The molecule has 4 aromatic rings. The molecule has 1 amide bonds. The highest BCUT2D eigenvalue weighted by molar-refractivity contribution is 7.99. The van der Waals surface area contributed by atoms with Gasteiger partial charge in [0.25, 0.3) is 0 Å². The van der Waals surface area contributed by atoms with Crippen LogP contribution in [0.1, 0.15) is 0 Å². The van der Waals surface area contributed by atoms with Gasteiger partial charge in [0, 0.05) is 17.1 Å². The highest BCUT2D eigenvalue weighted by atomic mass is 32.2. The highest BCUT2D eigenvalue weighted by Gasteiger charge is 2.11. The zero-order valence-electron chi connectivity index (χ0n) is 13.2. The van der Waals surface area contributed by atoms with Gasteiger partial charge in [0.05, 0.1) is 5.75 Å². The molecule has 3 aromatic heterocycles. The van der Waals surface area contributed by atoms with Crippen molar-refractivity contribution in [2.45, 2.75) is 5.03 Å². The van der Waals surface area contributed by atoms with Gasteiger partial charge in [-0.15, -0.1) is 21.5 Å². The molecule has 4 rings (SSSR count). The van der Waals surface area contributed by atoms with Crippen molar-refractivity contribution in [1.29, 1.82) is 0 Å². The third-order valence-electron chi connectivity index (χ3n) is 3.37. The molecule has 0 aliphatic heterocycles. The van der Waals surface area contributed by atoms with E-state index >= 15 is 0 Å². The number of halogens is 1. The number of carbonyl (C=O) groups excluding carboxylic acids is 1. The van der Waals surface area contributed by atoms with Crippen molar-refractivity contribution in [2.75, 3.05) is 11.1 Å². The molecule has 0 atom stereocenters. The average Bonchev–Trinajstić information content (AvgIpc) is 3.30. The maximum absolute atomic E-state index is 13.1.